The lowest BCUT2D eigenvalue weighted by Crippen LogP contribution is -2.58. The quantitative estimate of drug-likeness (QED) is 0.0818. The maximum absolute atomic E-state index is 13.3. The molecule has 0 spiro atoms. The molecule has 50 heavy (non-hydrogen) atoms. The number of aromatic nitrogens is 2. The molecule has 1 aliphatic heterocycles. The minimum Gasteiger partial charge on any atom is -0.368 e. The van der Waals surface area contributed by atoms with E-state index in [1.807, 2.05) is 6.92 Å². The monoisotopic (exact) mass is 704 g/mol. The van der Waals surface area contributed by atoms with Gasteiger partial charge in [-0.15, -0.1) is 0 Å². The molecule has 9 N–H and O–H groups in total. The number of primary amides is 1. The molecule has 2 heterocycles. The van der Waals surface area contributed by atoms with Crippen LogP contribution in [0.4, 0.5) is 0 Å². The highest BCUT2D eigenvalue weighted by Gasteiger charge is 2.37. The summed E-state index contributed by atoms with van der Waals surface area (Å²) in [6.07, 6.45) is 4.31. The molecule has 278 valence electrons. The van der Waals surface area contributed by atoms with E-state index in [2.05, 4.69) is 41.9 Å². The lowest BCUT2D eigenvalue weighted by atomic mass is 9.97. The van der Waals surface area contributed by atoms with Crippen molar-refractivity contribution in [1.82, 2.24) is 46.8 Å². The van der Waals surface area contributed by atoms with E-state index in [1.54, 1.807) is 20.8 Å². The maximum atomic E-state index is 13.3. The van der Waals surface area contributed by atoms with Crippen LogP contribution in [0.25, 0.3) is 0 Å². The van der Waals surface area contributed by atoms with Gasteiger partial charge in [-0.2, -0.15) is 0 Å². The van der Waals surface area contributed by atoms with E-state index >= 15 is 0 Å². The summed E-state index contributed by atoms with van der Waals surface area (Å²) in [5.41, 5.74) is 5.80. The zero-order chi connectivity index (χ0) is 37.7. The fraction of sp³-hybridized carbons (Fsp3) is 0.656. The Morgan fingerprint density at radius 3 is 2.08 bits per heavy atom. The number of H-pyrrole nitrogens is 1. The molecule has 8 amide bonds. The Morgan fingerprint density at radius 1 is 0.880 bits per heavy atom. The maximum Gasteiger partial charge on any atom is 0.243 e. The summed E-state index contributed by atoms with van der Waals surface area (Å²) in [6.45, 7) is 11.0. The molecular weight excluding hydrogens is 652 g/mol. The minimum atomic E-state index is -1.14. The van der Waals surface area contributed by atoms with Crippen molar-refractivity contribution in [1.29, 1.82) is 0 Å². The second-order valence-corrected chi connectivity index (χ2v) is 13.0. The van der Waals surface area contributed by atoms with Crippen LogP contribution in [0, 0.1) is 11.8 Å². The molecule has 2 rings (SSSR count). The van der Waals surface area contributed by atoms with Gasteiger partial charge < -0.3 is 47.5 Å². The van der Waals surface area contributed by atoms with Crippen LogP contribution in [-0.4, -0.2) is 111 Å². The van der Waals surface area contributed by atoms with E-state index in [0.29, 0.717) is 25.0 Å². The minimum absolute atomic E-state index is 0.0113. The third-order valence-electron chi connectivity index (χ3n) is 8.54. The largest absolute Gasteiger partial charge is 0.368 e. The highest BCUT2D eigenvalue weighted by atomic mass is 16.2. The van der Waals surface area contributed by atoms with Crippen molar-refractivity contribution >= 4 is 47.3 Å². The molecule has 1 saturated heterocycles. The second-order valence-electron chi connectivity index (χ2n) is 13.0. The van der Waals surface area contributed by atoms with Gasteiger partial charge in [-0.05, 0) is 38.5 Å². The zero-order valence-electron chi connectivity index (χ0n) is 29.8. The smallest absolute Gasteiger partial charge is 0.243 e. The van der Waals surface area contributed by atoms with Gasteiger partial charge in [0.25, 0.3) is 0 Å². The van der Waals surface area contributed by atoms with Gasteiger partial charge in [0.2, 0.25) is 47.3 Å². The number of hydrogen-bond acceptors (Lipinski definition) is 9. The molecule has 0 aliphatic carbocycles. The summed E-state index contributed by atoms with van der Waals surface area (Å²) in [5, 5.41) is 15.5. The van der Waals surface area contributed by atoms with Crippen LogP contribution >= 0.6 is 0 Å². The summed E-state index contributed by atoms with van der Waals surface area (Å²) in [5.74, 6) is -5.32. The Bertz CT molecular complexity index is 1380. The van der Waals surface area contributed by atoms with E-state index in [0.717, 1.165) is 0 Å². The first-order valence-electron chi connectivity index (χ1n) is 16.8. The number of rotatable bonds is 18. The number of nitrogens with zero attached hydrogens (tertiary/aromatic N) is 2. The molecular formula is C32H52N10O8. The number of nitrogens with two attached hydrogens (primary N) is 1. The summed E-state index contributed by atoms with van der Waals surface area (Å²) >= 11 is 0. The highest BCUT2D eigenvalue weighted by molar-refractivity contribution is 5.96. The number of amides is 8. The van der Waals surface area contributed by atoms with Crippen molar-refractivity contribution in [2.75, 3.05) is 13.1 Å². The predicted octanol–water partition coefficient (Wildman–Crippen LogP) is -2.27. The molecule has 7 atom stereocenters. The predicted molar refractivity (Wildman–Crippen MR) is 180 cm³/mol. The number of hydrogen-bond donors (Lipinski definition) is 8. The Labute approximate surface area is 291 Å². The third kappa shape index (κ3) is 12.1. The van der Waals surface area contributed by atoms with E-state index < -0.39 is 90.1 Å². The molecule has 0 bridgehead atoms. The van der Waals surface area contributed by atoms with Crippen molar-refractivity contribution < 1.29 is 38.4 Å². The first-order valence-corrected chi connectivity index (χ1v) is 16.8. The Hall–Kier alpha value is -5.03. The Balaban J connectivity index is 2.03. The molecule has 0 unspecified atom stereocenters. The molecule has 1 aromatic rings. The first kappa shape index (κ1) is 41.1. The Kier molecular flexibility index (Phi) is 15.8. The topological polar surface area (TPSA) is 267 Å². The zero-order valence-corrected chi connectivity index (χ0v) is 29.8. The summed E-state index contributed by atoms with van der Waals surface area (Å²) in [6, 6.07) is -5.97. The number of carbonyl (C=O) groups excluding carboxylic acids is 8. The third-order valence-corrected chi connectivity index (χ3v) is 8.54. The molecule has 18 nitrogen and oxygen atoms in total. The fourth-order valence-electron chi connectivity index (χ4n) is 5.30. The Morgan fingerprint density at radius 2 is 1.52 bits per heavy atom. The average Bonchev–Trinajstić information content (AvgIpc) is 3.76. The molecule has 1 aliphatic rings. The SMILES string of the molecule is CC[C@H](C)[C@H](NC(=O)[C@@H]1CCCN1C(=O)CNC(=O)[C@H](C)NC(=O)[C@H](Cc1cnc[nH]1)NC(=O)[C@@H](NC(C)=O)C(C)C)C(=O)N[C@@H](C)C(N)=O. The van der Waals surface area contributed by atoms with E-state index in [1.165, 1.54) is 38.2 Å². The standard InChI is InChI=1S/C32H52N10O8/c1-8-17(4)26(32(50)37-18(5)27(33)45)41-30(48)23-10-9-11-42(23)24(44)14-35-28(46)19(6)38-29(47)22(12-21-13-34-15-36-21)40-31(49)25(16(2)3)39-20(7)43/h13,15-19,22-23,25-26H,8-12,14H2,1-7H3,(H2,33,45)(H,34,36)(H,35,46)(H,37,50)(H,38,47)(H,39,43)(H,40,49)(H,41,48)/t17-,18-,19-,22-,23-,25-,26-/m0/s1. The van der Waals surface area contributed by atoms with E-state index in [-0.39, 0.29) is 24.8 Å². The van der Waals surface area contributed by atoms with Gasteiger partial charge in [-0.3, -0.25) is 38.4 Å². The number of carbonyl (C=O) groups is 8. The van der Waals surface area contributed by atoms with Crippen LogP contribution in [0.15, 0.2) is 12.5 Å². The van der Waals surface area contributed by atoms with Crippen molar-refractivity contribution in [3.05, 3.63) is 18.2 Å². The second kappa shape index (κ2) is 19.2. The average molecular weight is 705 g/mol. The summed E-state index contributed by atoms with van der Waals surface area (Å²) in [7, 11) is 0. The summed E-state index contributed by atoms with van der Waals surface area (Å²) in [4.78, 5) is 110. The van der Waals surface area contributed by atoms with Gasteiger partial charge >= 0.3 is 0 Å². The van der Waals surface area contributed by atoms with Crippen LogP contribution in [0.1, 0.15) is 73.4 Å². The van der Waals surface area contributed by atoms with Gasteiger partial charge in [0.15, 0.2) is 0 Å². The fourth-order valence-corrected chi connectivity index (χ4v) is 5.30. The van der Waals surface area contributed by atoms with Crippen molar-refractivity contribution in [3.63, 3.8) is 0 Å². The normalized spacial score (nSPS) is 17.7. The number of nitrogens with one attached hydrogen (secondary N) is 7. The molecule has 1 aromatic heterocycles. The van der Waals surface area contributed by atoms with Gasteiger partial charge in [0.1, 0.15) is 36.3 Å². The first-order chi connectivity index (χ1) is 23.5. The number of imidazole rings is 1. The van der Waals surface area contributed by atoms with Crippen molar-refractivity contribution in [2.45, 2.75) is 110 Å². The highest BCUT2D eigenvalue weighted by Crippen LogP contribution is 2.19. The van der Waals surface area contributed by atoms with Gasteiger partial charge in [-0.1, -0.05) is 34.1 Å². The van der Waals surface area contributed by atoms with Crippen LogP contribution in [0.2, 0.25) is 0 Å². The molecule has 0 saturated carbocycles. The van der Waals surface area contributed by atoms with Crippen LogP contribution in [-0.2, 0) is 44.8 Å². The van der Waals surface area contributed by atoms with Gasteiger partial charge in [0, 0.05) is 31.8 Å². The van der Waals surface area contributed by atoms with Crippen molar-refractivity contribution in [2.24, 2.45) is 17.6 Å². The number of likely N-dealkylation sites (tertiary alicyclic amines) is 1. The van der Waals surface area contributed by atoms with Crippen LogP contribution in [0.3, 0.4) is 0 Å². The lowest BCUT2D eigenvalue weighted by molar-refractivity contribution is -0.140. The van der Waals surface area contributed by atoms with Gasteiger partial charge in [-0.25, -0.2) is 4.98 Å². The molecule has 0 radical (unpaired) electrons. The van der Waals surface area contributed by atoms with Gasteiger partial charge in [0.05, 0.1) is 12.9 Å². The van der Waals surface area contributed by atoms with Crippen LogP contribution < -0.4 is 37.6 Å². The number of aromatic amines is 1. The van der Waals surface area contributed by atoms with Crippen LogP contribution in [0.5, 0.6) is 0 Å². The summed E-state index contributed by atoms with van der Waals surface area (Å²) < 4.78 is 0. The molecule has 1 fully saturated rings. The van der Waals surface area contributed by atoms with E-state index in [9.17, 15) is 38.4 Å². The van der Waals surface area contributed by atoms with E-state index in [4.69, 9.17) is 5.73 Å². The molecule has 0 aromatic carbocycles. The van der Waals surface area contributed by atoms with Crippen molar-refractivity contribution in [3.8, 4) is 0 Å². The molecule has 18 heteroatoms. The lowest BCUT2D eigenvalue weighted by Gasteiger charge is -2.29.